The van der Waals surface area contributed by atoms with Crippen LogP contribution in [0.3, 0.4) is 0 Å². The highest BCUT2D eigenvalue weighted by Crippen LogP contribution is 2.17. The molecule has 0 spiro atoms. The number of amides is 1. The van der Waals surface area contributed by atoms with Gasteiger partial charge in [0.25, 0.3) is 0 Å². The molecule has 0 saturated heterocycles. The van der Waals surface area contributed by atoms with Crippen LogP contribution in [0.5, 0.6) is 0 Å². The first-order valence-electron chi connectivity index (χ1n) is 5.06. The van der Waals surface area contributed by atoms with Gasteiger partial charge in [0.15, 0.2) is 23.3 Å². The first-order valence-corrected chi connectivity index (χ1v) is 5.06. The van der Waals surface area contributed by atoms with E-state index in [9.17, 15) is 13.6 Å². The summed E-state index contributed by atoms with van der Waals surface area (Å²) in [5, 5.41) is 7.71. The molecule has 1 heterocycles. The molecule has 0 aliphatic carbocycles. The summed E-state index contributed by atoms with van der Waals surface area (Å²) in [5.41, 5.74) is 0. The average molecular weight is 244 g/mol. The van der Waals surface area contributed by atoms with Crippen molar-refractivity contribution < 1.29 is 13.6 Å². The Kier molecular flexibility index (Phi) is 4.62. The van der Waals surface area contributed by atoms with Crippen LogP contribution in [0.4, 0.5) is 20.4 Å². The lowest BCUT2D eigenvalue weighted by Crippen LogP contribution is -2.26. The quantitative estimate of drug-likeness (QED) is 0.675. The molecule has 7 heteroatoms. The normalized spacial score (nSPS) is 9.88. The van der Waals surface area contributed by atoms with E-state index in [2.05, 4.69) is 20.9 Å². The second-order valence-electron chi connectivity index (χ2n) is 3.31. The van der Waals surface area contributed by atoms with Crippen molar-refractivity contribution in [2.24, 2.45) is 0 Å². The molecule has 0 aromatic carbocycles. The van der Waals surface area contributed by atoms with Gasteiger partial charge in [-0.15, -0.1) is 0 Å². The maximum atomic E-state index is 13.3. The third-order valence-corrected chi connectivity index (χ3v) is 1.96. The molecule has 1 rings (SSSR count). The molecule has 5 nitrogen and oxygen atoms in total. The van der Waals surface area contributed by atoms with Crippen molar-refractivity contribution in [3.63, 3.8) is 0 Å². The Morgan fingerprint density at radius 3 is 2.53 bits per heavy atom. The van der Waals surface area contributed by atoms with Gasteiger partial charge in [-0.25, -0.2) is 13.8 Å². The van der Waals surface area contributed by atoms with Gasteiger partial charge < -0.3 is 16.0 Å². The number of carbonyl (C=O) groups is 1. The molecule has 3 N–H and O–H groups in total. The smallest absolute Gasteiger partial charge is 0.216 e. The highest BCUT2D eigenvalue weighted by molar-refractivity contribution is 5.72. The minimum absolute atomic E-state index is 0.0339. The van der Waals surface area contributed by atoms with Gasteiger partial charge in [0.1, 0.15) is 0 Å². The standard InChI is InChI=1S/C10H14F2N4O/c1-6(17)14-3-4-15-10-8(12)5-7(11)9(13-2)16-10/h5H,3-4H2,1-2H3,(H,14,17)(H2,13,15,16). The van der Waals surface area contributed by atoms with Crippen molar-refractivity contribution in [3.8, 4) is 0 Å². The van der Waals surface area contributed by atoms with Gasteiger partial charge in [-0.1, -0.05) is 0 Å². The van der Waals surface area contributed by atoms with Crippen LogP contribution in [-0.4, -0.2) is 31.0 Å². The number of hydrogen-bond acceptors (Lipinski definition) is 4. The van der Waals surface area contributed by atoms with Gasteiger partial charge in [0.05, 0.1) is 0 Å². The summed E-state index contributed by atoms with van der Waals surface area (Å²) >= 11 is 0. The van der Waals surface area contributed by atoms with Gasteiger partial charge in [0.2, 0.25) is 5.91 Å². The molecule has 17 heavy (non-hydrogen) atoms. The fourth-order valence-corrected chi connectivity index (χ4v) is 1.19. The average Bonchev–Trinajstić information content (AvgIpc) is 2.26. The maximum absolute atomic E-state index is 13.3. The largest absolute Gasteiger partial charge is 0.371 e. The van der Waals surface area contributed by atoms with E-state index in [1.54, 1.807) is 0 Å². The Bertz CT molecular complexity index is 412. The third-order valence-electron chi connectivity index (χ3n) is 1.96. The van der Waals surface area contributed by atoms with Crippen LogP contribution in [-0.2, 0) is 4.79 Å². The third kappa shape index (κ3) is 3.86. The minimum atomic E-state index is -0.774. The molecule has 0 atom stereocenters. The van der Waals surface area contributed by atoms with Crippen molar-refractivity contribution >= 4 is 17.5 Å². The number of carbonyl (C=O) groups excluding carboxylic acids is 1. The minimum Gasteiger partial charge on any atom is -0.371 e. The van der Waals surface area contributed by atoms with E-state index in [0.29, 0.717) is 13.1 Å². The van der Waals surface area contributed by atoms with Crippen LogP contribution in [0.1, 0.15) is 6.92 Å². The van der Waals surface area contributed by atoms with Gasteiger partial charge in [-0.3, -0.25) is 4.79 Å². The lowest BCUT2D eigenvalue weighted by atomic mass is 10.4. The molecule has 0 radical (unpaired) electrons. The topological polar surface area (TPSA) is 66.1 Å². The molecule has 0 aliphatic rings. The number of anilines is 2. The van der Waals surface area contributed by atoms with Crippen LogP contribution in [0.25, 0.3) is 0 Å². The number of aromatic nitrogens is 1. The fraction of sp³-hybridized carbons (Fsp3) is 0.400. The molecule has 1 aromatic heterocycles. The number of pyridine rings is 1. The Hall–Kier alpha value is -1.92. The van der Waals surface area contributed by atoms with Crippen LogP contribution >= 0.6 is 0 Å². The van der Waals surface area contributed by atoms with Crippen molar-refractivity contribution in [1.29, 1.82) is 0 Å². The van der Waals surface area contributed by atoms with Crippen molar-refractivity contribution in [2.45, 2.75) is 6.92 Å². The van der Waals surface area contributed by atoms with Crippen molar-refractivity contribution in [1.82, 2.24) is 10.3 Å². The highest BCUT2D eigenvalue weighted by Gasteiger charge is 2.10. The Labute approximate surface area is 97.6 Å². The van der Waals surface area contributed by atoms with E-state index in [0.717, 1.165) is 6.07 Å². The number of nitrogens with zero attached hydrogens (tertiary/aromatic N) is 1. The maximum Gasteiger partial charge on any atom is 0.216 e. The second-order valence-corrected chi connectivity index (χ2v) is 3.31. The van der Waals surface area contributed by atoms with E-state index in [1.807, 2.05) is 0 Å². The van der Waals surface area contributed by atoms with Crippen molar-refractivity contribution in [3.05, 3.63) is 17.7 Å². The Balaban J connectivity index is 2.61. The molecular formula is C10H14F2N4O. The number of nitrogens with one attached hydrogen (secondary N) is 3. The lowest BCUT2D eigenvalue weighted by Gasteiger charge is -2.09. The van der Waals surface area contributed by atoms with E-state index in [-0.39, 0.29) is 17.5 Å². The Morgan fingerprint density at radius 2 is 1.94 bits per heavy atom. The van der Waals surface area contributed by atoms with Crippen LogP contribution < -0.4 is 16.0 Å². The summed E-state index contributed by atoms with van der Waals surface area (Å²) in [6.07, 6.45) is 0. The zero-order chi connectivity index (χ0) is 12.8. The van der Waals surface area contributed by atoms with Gasteiger partial charge in [-0.2, -0.15) is 0 Å². The van der Waals surface area contributed by atoms with E-state index in [4.69, 9.17) is 0 Å². The van der Waals surface area contributed by atoms with Gasteiger partial charge >= 0.3 is 0 Å². The van der Waals surface area contributed by atoms with E-state index < -0.39 is 11.6 Å². The predicted octanol–water partition coefficient (Wildman–Crippen LogP) is 0.949. The summed E-state index contributed by atoms with van der Waals surface area (Å²) in [5.74, 6) is -1.79. The molecule has 0 fully saturated rings. The number of hydrogen-bond donors (Lipinski definition) is 3. The zero-order valence-corrected chi connectivity index (χ0v) is 9.60. The molecule has 1 aromatic rings. The summed E-state index contributed by atoms with van der Waals surface area (Å²) in [4.78, 5) is 14.3. The summed E-state index contributed by atoms with van der Waals surface area (Å²) < 4.78 is 26.3. The summed E-state index contributed by atoms with van der Waals surface area (Å²) in [6, 6.07) is 0.750. The first kappa shape index (κ1) is 13.1. The number of halogens is 2. The highest BCUT2D eigenvalue weighted by atomic mass is 19.1. The number of rotatable bonds is 5. The lowest BCUT2D eigenvalue weighted by molar-refractivity contribution is -0.118. The van der Waals surface area contributed by atoms with Crippen LogP contribution in [0.15, 0.2) is 6.07 Å². The molecular weight excluding hydrogens is 230 g/mol. The molecule has 1 amide bonds. The van der Waals surface area contributed by atoms with E-state index >= 15 is 0 Å². The molecule has 0 bridgehead atoms. The molecule has 0 aliphatic heterocycles. The van der Waals surface area contributed by atoms with Gasteiger partial charge in [0, 0.05) is 33.1 Å². The summed E-state index contributed by atoms with van der Waals surface area (Å²) in [7, 11) is 1.49. The van der Waals surface area contributed by atoms with E-state index in [1.165, 1.54) is 14.0 Å². The summed E-state index contributed by atoms with van der Waals surface area (Å²) in [6.45, 7) is 2.02. The van der Waals surface area contributed by atoms with Crippen LogP contribution in [0, 0.1) is 11.6 Å². The second kappa shape index (κ2) is 5.97. The molecule has 0 saturated carbocycles. The monoisotopic (exact) mass is 244 g/mol. The Morgan fingerprint density at radius 1 is 1.29 bits per heavy atom. The molecule has 0 unspecified atom stereocenters. The first-order chi connectivity index (χ1) is 8.04. The fourth-order valence-electron chi connectivity index (χ4n) is 1.19. The zero-order valence-electron chi connectivity index (χ0n) is 9.60. The van der Waals surface area contributed by atoms with Crippen LogP contribution in [0.2, 0.25) is 0 Å². The SMILES string of the molecule is CNc1nc(NCCNC(C)=O)c(F)cc1F. The van der Waals surface area contributed by atoms with Crippen molar-refractivity contribution in [2.75, 3.05) is 30.8 Å². The predicted molar refractivity (Wildman–Crippen MR) is 60.9 cm³/mol. The van der Waals surface area contributed by atoms with Gasteiger partial charge in [-0.05, 0) is 0 Å². The molecule has 94 valence electrons.